The zero-order chi connectivity index (χ0) is 20.5. The van der Waals surface area contributed by atoms with Gasteiger partial charge < -0.3 is 15.4 Å². The van der Waals surface area contributed by atoms with Gasteiger partial charge in [-0.05, 0) is 83.7 Å². The molecule has 6 nitrogen and oxygen atoms in total. The largest absolute Gasteiger partial charge is 0.496 e. The molecule has 8 heteroatoms. The molecule has 0 heterocycles. The zero-order valence-corrected chi connectivity index (χ0v) is 18.6. The van der Waals surface area contributed by atoms with Gasteiger partial charge in [0.25, 0.3) is 11.8 Å². The van der Waals surface area contributed by atoms with Crippen LogP contribution in [0.15, 0.2) is 42.5 Å². The van der Waals surface area contributed by atoms with E-state index in [0.29, 0.717) is 29.1 Å². The number of carbonyl (C=O) groups is 2. The number of thiocarbonyl (C=S) groups is 1. The molecule has 0 radical (unpaired) electrons. The van der Waals surface area contributed by atoms with Gasteiger partial charge in [-0.2, -0.15) is 0 Å². The van der Waals surface area contributed by atoms with Crippen molar-refractivity contribution < 1.29 is 14.3 Å². The van der Waals surface area contributed by atoms with Crippen molar-refractivity contribution in [3.63, 3.8) is 0 Å². The van der Waals surface area contributed by atoms with Crippen LogP contribution in [-0.4, -0.2) is 30.6 Å². The van der Waals surface area contributed by atoms with Gasteiger partial charge >= 0.3 is 0 Å². The van der Waals surface area contributed by atoms with Gasteiger partial charge in [-0.25, -0.2) is 0 Å². The average molecular weight is 511 g/mol. The first kappa shape index (κ1) is 22.1. The molecule has 0 spiro atoms. The second-order valence-corrected chi connectivity index (χ2v) is 7.51. The minimum absolute atomic E-state index is 0.106. The van der Waals surface area contributed by atoms with Crippen molar-refractivity contribution in [1.82, 2.24) is 10.6 Å². The number of nitrogens with one attached hydrogen (secondary N) is 3. The molecule has 0 aromatic heterocycles. The third kappa shape index (κ3) is 6.45. The zero-order valence-electron chi connectivity index (χ0n) is 15.7. The molecule has 2 aromatic carbocycles. The molecule has 0 unspecified atom stereocenters. The average Bonchev–Trinajstić information content (AvgIpc) is 2.68. The Morgan fingerprint density at radius 2 is 1.75 bits per heavy atom. The fourth-order valence-electron chi connectivity index (χ4n) is 2.33. The Hall–Kier alpha value is -2.20. The van der Waals surface area contributed by atoms with Crippen LogP contribution in [0.2, 0.25) is 0 Å². The lowest BCUT2D eigenvalue weighted by atomic mass is 10.2. The van der Waals surface area contributed by atoms with E-state index in [9.17, 15) is 9.59 Å². The van der Waals surface area contributed by atoms with Crippen LogP contribution >= 0.6 is 34.8 Å². The maximum atomic E-state index is 12.3. The Morgan fingerprint density at radius 1 is 1.07 bits per heavy atom. The number of hydrogen-bond donors (Lipinski definition) is 3. The van der Waals surface area contributed by atoms with Gasteiger partial charge in [0.1, 0.15) is 5.75 Å². The second-order valence-electron chi connectivity index (χ2n) is 5.94. The molecular weight excluding hydrogens is 489 g/mol. The Balaban J connectivity index is 1.91. The quantitative estimate of drug-likeness (QED) is 0.298. The van der Waals surface area contributed by atoms with E-state index in [1.807, 2.05) is 0 Å². The Bertz CT molecular complexity index is 856. The van der Waals surface area contributed by atoms with Crippen molar-refractivity contribution in [3.05, 3.63) is 57.2 Å². The number of unbranched alkanes of at least 4 members (excludes halogenated alkanes) is 1. The lowest BCUT2D eigenvalue weighted by molar-refractivity contribution is 0.0950. The molecule has 0 saturated carbocycles. The molecule has 2 amide bonds. The Morgan fingerprint density at radius 3 is 2.36 bits per heavy atom. The standard InChI is InChI=1S/C20H22IN3O3S/c1-3-4-11-22-18(25)13-5-8-15(9-6-13)23-20(28)24-19(26)14-7-10-17(27-2)16(21)12-14/h5-10,12H,3-4,11H2,1-2H3,(H,22,25)(H2,23,24,26,28). The van der Waals surface area contributed by atoms with Crippen molar-refractivity contribution in [1.29, 1.82) is 0 Å². The number of benzene rings is 2. The molecule has 0 aliphatic heterocycles. The van der Waals surface area contributed by atoms with E-state index < -0.39 is 0 Å². The fourth-order valence-corrected chi connectivity index (χ4v) is 3.28. The number of ether oxygens (including phenoxy) is 1. The number of amides is 2. The van der Waals surface area contributed by atoms with Crippen LogP contribution in [-0.2, 0) is 0 Å². The van der Waals surface area contributed by atoms with Crippen molar-refractivity contribution >= 4 is 57.4 Å². The van der Waals surface area contributed by atoms with Gasteiger partial charge in [0.15, 0.2) is 5.11 Å². The van der Waals surface area contributed by atoms with Crippen LogP contribution in [0.1, 0.15) is 40.5 Å². The van der Waals surface area contributed by atoms with Gasteiger partial charge in [-0.15, -0.1) is 0 Å². The first-order valence-corrected chi connectivity index (χ1v) is 10.3. The Labute approximate surface area is 183 Å². The molecule has 0 fully saturated rings. The van der Waals surface area contributed by atoms with E-state index in [1.54, 1.807) is 49.6 Å². The maximum absolute atomic E-state index is 12.3. The third-order valence-corrected chi connectivity index (χ3v) is 4.91. The topological polar surface area (TPSA) is 79.5 Å². The van der Waals surface area contributed by atoms with Gasteiger partial charge in [0.2, 0.25) is 0 Å². The lowest BCUT2D eigenvalue weighted by Crippen LogP contribution is -2.34. The molecular formula is C20H22IN3O3S. The summed E-state index contributed by atoms with van der Waals surface area (Å²) in [6.45, 7) is 2.74. The number of rotatable bonds is 7. The smallest absolute Gasteiger partial charge is 0.257 e. The van der Waals surface area contributed by atoms with E-state index in [2.05, 4.69) is 45.5 Å². The van der Waals surface area contributed by atoms with Gasteiger partial charge in [0.05, 0.1) is 10.7 Å². The second kappa shape index (κ2) is 11.0. The number of hydrogen-bond acceptors (Lipinski definition) is 4. The minimum atomic E-state index is -0.315. The highest BCUT2D eigenvalue weighted by atomic mass is 127. The third-order valence-electron chi connectivity index (χ3n) is 3.86. The van der Waals surface area contributed by atoms with Crippen LogP contribution in [0, 0.1) is 3.57 Å². The monoisotopic (exact) mass is 511 g/mol. The normalized spacial score (nSPS) is 10.1. The van der Waals surface area contributed by atoms with E-state index in [1.165, 1.54) is 0 Å². The molecule has 3 N–H and O–H groups in total. The van der Waals surface area contributed by atoms with E-state index >= 15 is 0 Å². The van der Waals surface area contributed by atoms with Gasteiger partial charge in [-0.3, -0.25) is 14.9 Å². The number of carbonyl (C=O) groups excluding carboxylic acids is 2. The molecule has 2 rings (SSSR count). The Kier molecular flexibility index (Phi) is 8.65. The summed E-state index contributed by atoms with van der Waals surface area (Å²) in [7, 11) is 1.58. The van der Waals surface area contributed by atoms with E-state index in [-0.39, 0.29) is 16.9 Å². The summed E-state index contributed by atoms with van der Waals surface area (Å²) in [6, 6.07) is 12.0. The van der Waals surface area contributed by atoms with Crippen molar-refractivity contribution in [2.45, 2.75) is 19.8 Å². The summed E-state index contributed by atoms with van der Waals surface area (Å²) in [5.41, 5.74) is 1.73. The first-order valence-electron chi connectivity index (χ1n) is 8.78. The van der Waals surface area contributed by atoms with Crippen LogP contribution in [0.5, 0.6) is 5.75 Å². The van der Waals surface area contributed by atoms with Crippen molar-refractivity contribution in [2.24, 2.45) is 0 Å². The van der Waals surface area contributed by atoms with E-state index in [0.717, 1.165) is 16.4 Å². The summed E-state index contributed by atoms with van der Waals surface area (Å²) in [6.07, 6.45) is 1.98. The van der Waals surface area contributed by atoms with E-state index in [4.69, 9.17) is 17.0 Å². The summed E-state index contributed by atoms with van der Waals surface area (Å²) in [4.78, 5) is 24.3. The molecule has 0 aliphatic carbocycles. The molecule has 0 saturated heterocycles. The highest BCUT2D eigenvalue weighted by molar-refractivity contribution is 14.1. The number of halogens is 1. The number of anilines is 1. The SMILES string of the molecule is CCCCNC(=O)c1ccc(NC(=S)NC(=O)c2ccc(OC)c(I)c2)cc1. The van der Waals surface area contributed by atoms with Gasteiger partial charge in [-0.1, -0.05) is 13.3 Å². The molecule has 148 valence electrons. The highest BCUT2D eigenvalue weighted by Gasteiger charge is 2.11. The predicted molar refractivity (Wildman–Crippen MR) is 123 cm³/mol. The van der Waals surface area contributed by atoms with Crippen molar-refractivity contribution in [3.8, 4) is 5.75 Å². The van der Waals surface area contributed by atoms with Crippen LogP contribution in [0.25, 0.3) is 0 Å². The molecule has 2 aromatic rings. The maximum Gasteiger partial charge on any atom is 0.257 e. The molecule has 0 atom stereocenters. The summed E-state index contributed by atoms with van der Waals surface area (Å²) >= 11 is 7.30. The van der Waals surface area contributed by atoms with Crippen LogP contribution in [0.3, 0.4) is 0 Å². The van der Waals surface area contributed by atoms with Crippen molar-refractivity contribution in [2.75, 3.05) is 19.0 Å². The van der Waals surface area contributed by atoms with Gasteiger partial charge in [0, 0.05) is 23.4 Å². The number of methoxy groups -OCH3 is 1. The summed E-state index contributed by atoms with van der Waals surface area (Å²) in [5.74, 6) is 0.284. The predicted octanol–water partition coefficient (Wildman–Crippen LogP) is 3.96. The minimum Gasteiger partial charge on any atom is -0.496 e. The summed E-state index contributed by atoms with van der Waals surface area (Å²) in [5, 5.41) is 8.62. The molecule has 0 aliphatic rings. The summed E-state index contributed by atoms with van der Waals surface area (Å²) < 4.78 is 6.02. The first-order chi connectivity index (χ1) is 13.4. The van der Waals surface area contributed by atoms with Crippen LogP contribution < -0.4 is 20.7 Å². The highest BCUT2D eigenvalue weighted by Crippen LogP contribution is 2.21. The molecule has 0 bridgehead atoms. The molecule has 28 heavy (non-hydrogen) atoms. The fraction of sp³-hybridized carbons (Fsp3) is 0.250. The van der Waals surface area contributed by atoms with Crippen LogP contribution in [0.4, 0.5) is 5.69 Å². The lowest BCUT2D eigenvalue weighted by Gasteiger charge is -2.11.